The molecule has 0 spiro atoms. The standard InChI is InChI=1S/C17H24ClN3O2/c1-2-3-12-19-16(22)10-6-7-11-17(23)21-20-13-14-8-4-5-9-15(14)18/h4-5,8-9,13H,2-3,6-7,10-12H2,1H3,(H,19,22)(H,21,23)/b20-13+. The molecule has 0 aliphatic rings. The number of carbonyl (C=O) groups excluding carboxylic acids is 2. The van der Waals surface area contributed by atoms with Crippen molar-refractivity contribution in [2.24, 2.45) is 5.10 Å². The van der Waals surface area contributed by atoms with E-state index in [-0.39, 0.29) is 11.8 Å². The third kappa shape index (κ3) is 8.98. The second kappa shape index (κ2) is 11.7. The minimum Gasteiger partial charge on any atom is -0.356 e. The van der Waals surface area contributed by atoms with E-state index >= 15 is 0 Å². The van der Waals surface area contributed by atoms with Crippen LogP contribution in [0.3, 0.4) is 0 Å². The Bertz CT molecular complexity index is 532. The number of hydrogen-bond donors (Lipinski definition) is 2. The Labute approximate surface area is 142 Å². The Morgan fingerprint density at radius 2 is 1.83 bits per heavy atom. The molecule has 0 aliphatic carbocycles. The van der Waals surface area contributed by atoms with Gasteiger partial charge < -0.3 is 5.32 Å². The fourth-order valence-corrected chi connectivity index (χ4v) is 2.06. The highest BCUT2D eigenvalue weighted by molar-refractivity contribution is 6.33. The van der Waals surface area contributed by atoms with Gasteiger partial charge in [0.15, 0.2) is 0 Å². The molecule has 0 heterocycles. The van der Waals surface area contributed by atoms with Crippen molar-refractivity contribution in [3.05, 3.63) is 34.9 Å². The number of carbonyl (C=O) groups is 2. The molecule has 6 heteroatoms. The molecule has 1 aromatic carbocycles. The van der Waals surface area contributed by atoms with Gasteiger partial charge in [0.25, 0.3) is 0 Å². The molecule has 0 aliphatic heterocycles. The number of hydrazone groups is 1. The molecule has 2 amide bonds. The quantitative estimate of drug-likeness (QED) is 0.391. The average molecular weight is 338 g/mol. The van der Waals surface area contributed by atoms with Gasteiger partial charge in [-0.15, -0.1) is 0 Å². The molecule has 0 saturated heterocycles. The first kappa shape index (κ1) is 19.2. The van der Waals surface area contributed by atoms with Crippen LogP contribution in [0.2, 0.25) is 5.02 Å². The third-order valence-corrected chi connectivity index (χ3v) is 3.55. The lowest BCUT2D eigenvalue weighted by molar-refractivity contribution is -0.123. The van der Waals surface area contributed by atoms with E-state index in [0.717, 1.165) is 24.9 Å². The summed E-state index contributed by atoms with van der Waals surface area (Å²) in [6, 6.07) is 7.25. The number of nitrogens with one attached hydrogen (secondary N) is 2. The number of rotatable bonds is 10. The third-order valence-electron chi connectivity index (χ3n) is 3.21. The van der Waals surface area contributed by atoms with Gasteiger partial charge in [0.05, 0.1) is 6.21 Å². The van der Waals surface area contributed by atoms with Crippen LogP contribution in [0.25, 0.3) is 0 Å². The maximum atomic E-state index is 11.6. The number of unbranched alkanes of at least 4 members (excludes halogenated alkanes) is 2. The monoisotopic (exact) mass is 337 g/mol. The number of halogens is 1. The van der Waals surface area contributed by atoms with Crippen LogP contribution >= 0.6 is 11.6 Å². The van der Waals surface area contributed by atoms with E-state index in [4.69, 9.17) is 11.6 Å². The number of nitrogens with zero attached hydrogens (tertiary/aromatic N) is 1. The molecule has 23 heavy (non-hydrogen) atoms. The molecule has 1 aromatic rings. The van der Waals surface area contributed by atoms with Gasteiger partial charge in [-0.2, -0.15) is 5.10 Å². The first-order valence-electron chi connectivity index (χ1n) is 7.96. The first-order chi connectivity index (χ1) is 11.1. The molecular weight excluding hydrogens is 314 g/mol. The second-order valence-electron chi connectivity index (χ2n) is 5.23. The van der Waals surface area contributed by atoms with E-state index in [1.165, 1.54) is 6.21 Å². The molecule has 0 unspecified atom stereocenters. The Hall–Kier alpha value is -1.88. The van der Waals surface area contributed by atoms with Crippen LogP contribution in [0.5, 0.6) is 0 Å². The van der Waals surface area contributed by atoms with Gasteiger partial charge in [-0.25, -0.2) is 5.43 Å². The van der Waals surface area contributed by atoms with Crippen LogP contribution in [0.15, 0.2) is 29.4 Å². The fourth-order valence-electron chi connectivity index (χ4n) is 1.87. The molecule has 0 saturated carbocycles. The van der Waals surface area contributed by atoms with Crippen molar-refractivity contribution >= 4 is 29.6 Å². The molecule has 0 aromatic heterocycles. The Kier molecular flexibility index (Phi) is 9.71. The van der Waals surface area contributed by atoms with E-state index in [2.05, 4.69) is 22.8 Å². The van der Waals surface area contributed by atoms with Crippen LogP contribution in [0, 0.1) is 0 Å². The molecular formula is C17H24ClN3O2. The summed E-state index contributed by atoms with van der Waals surface area (Å²) in [6.07, 6.45) is 5.74. The van der Waals surface area contributed by atoms with Crippen molar-refractivity contribution in [3.63, 3.8) is 0 Å². The van der Waals surface area contributed by atoms with Crippen LogP contribution in [-0.2, 0) is 9.59 Å². The molecule has 2 N–H and O–H groups in total. The van der Waals surface area contributed by atoms with Crippen molar-refractivity contribution in [2.75, 3.05) is 6.54 Å². The second-order valence-corrected chi connectivity index (χ2v) is 5.63. The van der Waals surface area contributed by atoms with E-state index in [1.54, 1.807) is 6.07 Å². The fraction of sp³-hybridized carbons (Fsp3) is 0.471. The SMILES string of the molecule is CCCCNC(=O)CCCCC(=O)N/N=C/c1ccccc1Cl. The molecule has 0 bridgehead atoms. The van der Waals surface area contributed by atoms with Gasteiger partial charge in [-0.05, 0) is 25.3 Å². The Morgan fingerprint density at radius 1 is 1.13 bits per heavy atom. The summed E-state index contributed by atoms with van der Waals surface area (Å²) in [4.78, 5) is 23.1. The summed E-state index contributed by atoms with van der Waals surface area (Å²) < 4.78 is 0. The predicted molar refractivity (Wildman–Crippen MR) is 93.6 cm³/mol. The minimum atomic E-state index is -0.167. The van der Waals surface area contributed by atoms with Gasteiger partial charge >= 0.3 is 0 Å². The summed E-state index contributed by atoms with van der Waals surface area (Å²) in [5.74, 6) is -0.115. The smallest absolute Gasteiger partial charge is 0.240 e. The van der Waals surface area contributed by atoms with Gasteiger partial charge in [-0.3, -0.25) is 9.59 Å². The Morgan fingerprint density at radius 3 is 2.52 bits per heavy atom. The highest BCUT2D eigenvalue weighted by Gasteiger charge is 2.03. The summed E-state index contributed by atoms with van der Waals surface area (Å²) in [5, 5.41) is 7.31. The number of hydrogen-bond acceptors (Lipinski definition) is 3. The predicted octanol–water partition coefficient (Wildman–Crippen LogP) is 3.27. The van der Waals surface area contributed by atoms with Crippen LogP contribution in [0.1, 0.15) is 51.0 Å². The maximum Gasteiger partial charge on any atom is 0.240 e. The zero-order valence-electron chi connectivity index (χ0n) is 13.5. The number of amides is 2. The lowest BCUT2D eigenvalue weighted by atomic mass is 10.2. The lowest BCUT2D eigenvalue weighted by Gasteiger charge is -2.04. The minimum absolute atomic E-state index is 0.0515. The molecule has 126 valence electrons. The summed E-state index contributed by atoms with van der Waals surface area (Å²) in [6.45, 7) is 2.81. The Balaban J connectivity index is 2.13. The largest absolute Gasteiger partial charge is 0.356 e. The summed E-state index contributed by atoms with van der Waals surface area (Å²) >= 11 is 5.98. The highest BCUT2D eigenvalue weighted by atomic mass is 35.5. The van der Waals surface area contributed by atoms with Crippen molar-refractivity contribution in [3.8, 4) is 0 Å². The van der Waals surface area contributed by atoms with E-state index in [1.807, 2.05) is 18.2 Å². The highest BCUT2D eigenvalue weighted by Crippen LogP contribution is 2.12. The molecule has 5 nitrogen and oxygen atoms in total. The van der Waals surface area contributed by atoms with Crippen molar-refractivity contribution in [1.29, 1.82) is 0 Å². The van der Waals surface area contributed by atoms with Crippen molar-refractivity contribution in [1.82, 2.24) is 10.7 Å². The topological polar surface area (TPSA) is 70.6 Å². The first-order valence-corrected chi connectivity index (χ1v) is 8.34. The van der Waals surface area contributed by atoms with Gasteiger partial charge in [0.1, 0.15) is 0 Å². The van der Waals surface area contributed by atoms with Gasteiger partial charge in [0.2, 0.25) is 11.8 Å². The summed E-state index contributed by atoms with van der Waals surface area (Å²) in [5.41, 5.74) is 3.21. The van der Waals surface area contributed by atoms with Crippen LogP contribution in [-0.4, -0.2) is 24.6 Å². The van der Waals surface area contributed by atoms with Crippen molar-refractivity contribution < 1.29 is 9.59 Å². The zero-order valence-corrected chi connectivity index (χ0v) is 14.2. The zero-order chi connectivity index (χ0) is 16.9. The van der Waals surface area contributed by atoms with Gasteiger partial charge in [-0.1, -0.05) is 43.1 Å². The normalized spacial score (nSPS) is 10.7. The molecule has 0 fully saturated rings. The molecule has 0 atom stereocenters. The molecule has 1 rings (SSSR count). The molecule has 0 radical (unpaired) electrons. The van der Waals surface area contributed by atoms with Crippen molar-refractivity contribution in [2.45, 2.75) is 45.4 Å². The average Bonchev–Trinajstić information content (AvgIpc) is 2.54. The lowest BCUT2D eigenvalue weighted by Crippen LogP contribution is -2.24. The van der Waals surface area contributed by atoms with Crippen LogP contribution in [0.4, 0.5) is 0 Å². The van der Waals surface area contributed by atoms with E-state index < -0.39 is 0 Å². The number of benzene rings is 1. The maximum absolute atomic E-state index is 11.6. The summed E-state index contributed by atoms with van der Waals surface area (Å²) in [7, 11) is 0. The van der Waals surface area contributed by atoms with E-state index in [0.29, 0.717) is 30.7 Å². The van der Waals surface area contributed by atoms with Crippen LogP contribution < -0.4 is 10.7 Å². The van der Waals surface area contributed by atoms with Gasteiger partial charge in [0, 0.05) is 30.0 Å². The van der Waals surface area contributed by atoms with E-state index in [9.17, 15) is 9.59 Å².